The summed E-state index contributed by atoms with van der Waals surface area (Å²) in [6.07, 6.45) is 5.41. The van der Waals surface area contributed by atoms with Crippen molar-refractivity contribution in [3.8, 4) is 0 Å². The zero-order valence-corrected chi connectivity index (χ0v) is 9.14. The fourth-order valence-corrected chi connectivity index (χ4v) is 2.05. The standard InChI is InChI=1S/C10H23N3/c1-10(8-11,12-13(2)3)7-9-5-4-6-9/h9,12H,4-8,11H2,1-3H3. The lowest BCUT2D eigenvalue weighted by molar-refractivity contribution is 0.126. The number of nitrogens with zero attached hydrogens (tertiary/aromatic N) is 1. The van der Waals surface area contributed by atoms with Gasteiger partial charge in [-0.3, -0.25) is 5.01 Å². The molecule has 3 heteroatoms. The van der Waals surface area contributed by atoms with Crippen LogP contribution in [0.5, 0.6) is 0 Å². The lowest BCUT2D eigenvalue weighted by Crippen LogP contribution is -2.55. The van der Waals surface area contributed by atoms with Gasteiger partial charge in [0.2, 0.25) is 0 Å². The molecule has 0 saturated heterocycles. The molecule has 0 bridgehead atoms. The van der Waals surface area contributed by atoms with Crippen molar-refractivity contribution in [1.29, 1.82) is 0 Å². The average molecular weight is 185 g/mol. The van der Waals surface area contributed by atoms with Gasteiger partial charge in [-0.15, -0.1) is 0 Å². The zero-order chi connectivity index (χ0) is 9.90. The lowest BCUT2D eigenvalue weighted by Gasteiger charge is -2.38. The topological polar surface area (TPSA) is 41.3 Å². The predicted molar refractivity (Wildman–Crippen MR) is 56.2 cm³/mol. The second kappa shape index (κ2) is 4.40. The molecule has 13 heavy (non-hydrogen) atoms. The van der Waals surface area contributed by atoms with Crippen molar-refractivity contribution in [2.24, 2.45) is 11.7 Å². The van der Waals surface area contributed by atoms with Crippen molar-refractivity contribution in [2.45, 2.75) is 38.1 Å². The lowest BCUT2D eigenvalue weighted by atomic mass is 9.77. The van der Waals surface area contributed by atoms with E-state index in [0.29, 0.717) is 6.54 Å². The number of nitrogens with two attached hydrogens (primary N) is 1. The van der Waals surface area contributed by atoms with E-state index in [0.717, 1.165) is 5.92 Å². The first-order chi connectivity index (χ1) is 6.06. The van der Waals surface area contributed by atoms with Gasteiger partial charge in [0.1, 0.15) is 0 Å². The highest BCUT2D eigenvalue weighted by Crippen LogP contribution is 2.33. The van der Waals surface area contributed by atoms with Crippen LogP contribution in [-0.2, 0) is 0 Å². The Morgan fingerprint density at radius 2 is 2.08 bits per heavy atom. The molecule has 1 unspecified atom stereocenters. The molecule has 1 aliphatic carbocycles. The van der Waals surface area contributed by atoms with Crippen molar-refractivity contribution in [3.05, 3.63) is 0 Å². The van der Waals surface area contributed by atoms with Gasteiger partial charge in [-0.25, -0.2) is 5.43 Å². The normalized spacial score (nSPS) is 22.8. The van der Waals surface area contributed by atoms with E-state index in [1.165, 1.54) is 25.7 Å². The smallest absolute Gasteiger partial charge is 0.0422 e. The second-order valence-corrected chi connectivity index (χ2v) is 4.77. The molecular weight excluding hydrogens is 162 g/mol. The van der Waals surface area contributed by atoms with Crippen molar-refractivity contribution >= 4 is 0 Å². The van der Waals surface area contributed by atoms with Crippen LogP contribution in [0, 0.1) is 5.92 Å². The van der Waals surface area contributed by atoms with Crippen LogP contribution < -0.4 is 11.2 Å². The Kier molecular flexibility index (Phi) is 3.71. The monoisotopic (exact) mass is 185 g/mol. The van der Waals surface area contributed by atoms with Crippen LogP contribution in [0.1, 0.15) is 32.6 Å². The van der Waals surface area contributed by atoms with Crippen LogP contribution in [0.25, 0.3) is 0 Å². The predicted octanol–water partition coefficient (Wildman–Crippen LogP) is 0.960. The third-order valence-electron chi connectivity index (χ3n) is 2.91. The summed E-state index contributed by atoms with van der Waals surface area (Å²) in [5.41, 5.74) is 9.30. The number of hydrazine groups is 1. The van der Waals surface area contributed by atoms with Crippen LogP contribution in [0.2, 0.25) is 0 Å². The van der Waals surface area contributed by atoms with E-state index in [2.05, 4.69) is 12.3 Å². The molecule has 0 heterocycles. The van der Waals surface area contributed by atoms with E-state index in [1.807, 2.05) is 19.1 Å². The summed E-state index contributed by atoms with van der Waals surface area (Å²) < 4.78 is 0. The van der Waals surface area contributed by atoms with E-state index in [4.69, 9.17) is 5.73 Å². The van der Waals surface area contributed by atoms with Crippen LogP contribution in [0.3, 0.4) is 0 Å². The van der Waals surface area contributed by atoms with Gasteiger partial charge in [0, 0.05) is 26.2 Å². The first-order valence-corrected chi connectivity index (χ1v) is 5.21. The molecule has 0 aromatic rings. The molecule has 1 atom stereocenters. The third kappa shape index (κ3) is 3.25. The third-order valence-corrected chi connectivity index (χ3v) is 2.91. The molecule has 0 radical (unpaired) electrons. The van der Waals surface area contributed by atoms with Crippen molar-refractivity contribution in [2.75, 3.05) is 20.6 Å². The Hall–Kier alpha value is -0.120. The molecule has 78 valence electrons. The Bertz CT molecular complexity index is 154. The molecule has 3 nitrogen and oxygen atoms in total. The molecule has 1 aliphatic rings. The van der Waals surface area contributed by atoms with E-state index in [9.17, 15) is 0 Å². The summed E-state index contributed by atoms with van der Waals surface area (Å²) in [5.74, 6) is 0.904. The Morgan fingerprint density at radius 3 is 2.38 bits per heavy atom. The van der Waals surface area contributed by atoms with Crippen molar-refractivity contribution in [1.82, 2.24) is 10.4 Å². The van der Waals surface area contributed by atoms with Crippen molar-refractivity contribution in [3.63, 3.8) is 0 Å². The fraction of sp³-hybridized carbons (Fsp3) is 1.00. The summed E-state index contributed by atoms with van der Waals surface area (Å²) in [4.78, 5) is 0. The van der Waals surface area contributed by atoms with Crippen LogP contribution in [-0.4, -0.2) is 31.2 Å². The van der Waals surface area contributed by atoms with Gasteiger partial charge in [-0.2, -0.15) is 0 Å². The SMILES string of the molecule is CN(C)NC(C)(CN)CC1CCC1. The number of hydrogen-bond acceptors (Lipinski definition) is 3. The summed E-state index contributed by atoms with van der Waals surface area (Å²) >= 11 is 0. The summed E-state index contributed by atoms with van der Waals surface area (Å²) in [7, 11) is 4.05. The molecule has 1 saturated carbocycles. The number of rotatable bonds is 5. The minimum absolute atomic E-state index is 0.0919. The van der Waals surface area contributed by atoms with Gasteiger partial charge in [0.15, 0.2) is 0 Å². The van der Waals surface area contributed by atoms with E-state index < -0.39 is 0 Å². The molecule has 0 aromatic carbocycles. The maximum absolute atomic E-state index is 5.79. The minimum atomic E-state index is 0.0919. The second-order valence-electron chi connectivity index (χ2n) is 4.77. The van der Waals surface area contributed by atoms with Crippen LogP contribution in [0.15, 0.2) is 0 Å². The molecule has 1 rings (SSSR count). The van der Waals surface area contributed by atoms with Crippen LogP contribution in [0.4, 0.5) is 0 Å². The molecule has 0 aromatic heterocycles. The van der Waals surface area contributed by atoms with E-state index >= 15 is 0 Å². The Balaban J connectivity index is 2.37. The largest absolute Gasteiger partial charge is 0.329 e. The number of nitrogens with one attached hydrogen (secondary N) is 1. The molecule has 1 fully saturated rings. The average Bonchev–Trinajstić information content (AvgIpc) is 1.96. The molecule has 3 N–H and O–H groups in total. The summed E-state index contributed by atoms with van der Waals surface area (Å²) in [6.45, 7) is 2.92. The van der Waals surface area contributed by atoms with Crippen LogP contribution >= 0.6 is 0 Å². The first-order valence-electron chi connectivity index (χ1n) is 5.21. The van der Waals surface area contributed by atoms with Crippen molar-refractivity contribution < 1.29 is 0 Å². The molecule has 0 spiro atoms. The van der Waals surface area contributed by atoms with Gasteiger partial charge < -0.3 is 5.73 Å². The van der Waals surface area contributed by atoms with Gasteiger partial charge in [-0.05, 0) is 19.3 Å². The highest BCUT2D eigenvalue weighted by molar-refractivity contribution is 4.87. The Morgan fingerprint density at radius 1 is 1.46 bits per heavy atom. The maximum Gasteiger partial charge on any atom is 0.0422 e. The Labute approximate surface area is 81.6 Å². The maximum atomic E-state index is 5.79. The molecular formula is C10H23N3. The van der Waals surface area contributed by atoms with E-state index in [-0.39, 0.29) is 5.54 Å². The minimum Gasteiger partial charge on any atom is -0.329 e. The molecule has 0 aliphatic heterocycles. The number of hydrogen-bond donors (Lipinski definition) is 2. The first kappa shape index (κ1) is 11.0. The van der Waals surface area contributed by atoms with E-state index in [1.54, 1.807) is 0 Å². The highest BCUT2D eigenvalue weighted by Gasteiger charge is 2.29. The zero-order valence-electron chi connectivity index (χ0n) is 9.14. The van der Waals surface area contributed by atoms with Gasteiger partial charge >= 0.3 is 0 Å². The highest BCUT2D eigenvalue weighted by atomic mass is 15.5. The quantitative estimate of drug-likeness (QED) is 0.627. The summed E-state index contributed by atoms with van der Waals surface area (Å²) in [5, 5.41) is 2.01. The fourth-order valence-electron chi connectivity index (χ4n) is 2.05. The van der Waals surface area contributed by atoms with Gasteiger partial charge in [0.25, 0.3) is 0 Å². The summed E-state index contributed by atoms with van der Waals surface area (Å²) in [6, 6.07) is 0. The molecule has 0 amide bonds. The van der Waals surface area contributed by atoms with Gasteiger partial charge in [-0.1, -0.05) is 19.3 Å². The van der Waals surface area contributed by atoms with Gasteiger partial charge in [0.05, 0.1) is 0 Å².